The van der Waals surface area contributed by atoms with Gasteiger partial charge in [0.05, 0.1) is 5.69 Å². The van der Waals surface area contributed by atoms with Gasteiger partial charge in [-0.3, -0.25) is 5.32 Å². The first-order valence-electron chi connectivity index (χ1n) is 8.88. The summed E-state index contributed by atoms with van der Waals surface area (Å²) in [6.45, 7) is 5.58. The highest BCUT2D eigenvalue weighted by Crippen LogP contribution is 2.25. The van der Waals surface area contributed by atoms with Crippen molar-refractivity contribution in [3.8, 4) is 0 Å². The molecule has 0 saturated carbocycles. The zero-order valence-electron chi connectivity index (χ0n) is 15.4. The zero-order valence-corrected chi connectivity index (χ0v) is 16.2. The minimum atomic E-state index is -0.216. The lowest BCUT2D eigenvalue weighted by molar-refractivity contribution is 0.251. The number of hydrogen-bond acceptors (Lipinski definition) is 7. The van der Waals surface area contributed by atoms with E-state index in [1.54, 1.807) is 6.33 Å². The van der Waals surface area contributed by atoms with Gasteiger partial charge in [-0.1, -0.05) is 6.92 Å². The maximum atomic E-state index is 12.2. The summed E-state index contributed by atoms with van der Waals surface area (Å²) in [5, 5.41) is 9.48. The number of nitrogens with zero attached hydrogens (tertiary/aromatic N) is 4. The summed E-state index contributed by atoms with van der Waals surface area (Å²) in [5.74, 6) is 1.68. The molecule has 1 aliphatic rings. The van der Waals surface area contributed by atoms with Gasteiger partial charge in [0.2, 0.25) is 0 Å². The number of nitrogens with one attached hydrogen (secondary N) is 3. The number of aryl methyl sites for hydroxylation is 2. The van der Waals surface area contributed by atoms with Crippen LogP contribution in [0.5, 0.6) is 0 Å². The van der Waals surface area contributed by atoms with Crippen LogP contribution >= 0.6 is 11.3 Å². The highest BCUT2D eigenvalue weighted by atomic mass is 32.1. The van der Waals surface area contributed by atoms with E-state index in [-0.39, 0.29) is 12.1 Å². The van der Waals surface area contributed by atoms with E-state index in [0.717, 1.165) is 48.0 Å². The van der Waals surface area contributed by atoms with Crippen LogP contribution in [0.4, 0.5) is 21.6 Å². The fourth-order valence-electron chi connectivity index (χ4n) is 3.15. The molecule has 0 spiro atoms. The lowest BCUT2D eigenvalue weighted by atomic mass is 10.2. The molecule has 2 aromatic heterocycles. The van der Waals surface area contributed by atoms with Gasteiger partial charge in [0.1, 0.15) is 18.0 Å². The fourth-order valence-corrected chi connectivity index (χ4v) is 4.05. The summed E-state index contributed by atoms with van der Waals surface area (Å²) in [5.41, 5.74) is 1.04. The first-order valence-corrected chi connectivity index (χ1v) is 9.70. The number of carbonyl (C=O) groups is 1. The van der Waals surface area contributed by atoms with Gasteiger partial charge in [0.15, 0.2) is 5.13 Å². The molecule has 0 bridgehead atoms. The molecule has 3 rings (SSSR count). The first kappa shape index (κ1) is 18.4. The Morgan fingerprint density at radius 2 is 2.27 bits per heavy atom. The van der Waals surface area contributed by atoms with E-state index in [1.807, 2.05) is 20.0 Å². The molecule has 0 aliphatic carbocycles. The third kappa shape index (κ3) is 4.21. The Morgan fingerprint density at radius 3 is 3.00 bits per heavy atom. The Hall–Kier alpha value is -2.42. The number of carbonyl (C=O) groups excluding carboxylic acids is 1. The van der Waals surface area contributed by atoms with Gasteiger partial charge in [-0.05, 0) is 26.2 Å². The molecule has 1 atom stereocenters. The molecule has 2 amide bonds. The number of hydrogen-bond donors (Lipinski definition) is 3. The topological polar surface area (TPSA) is 95.1 Å². The minimum absolute atomic E-state index is 0.216. The van der Waals surface area contributed by atoms with E-state index in [1.165, 1.54) is 11.3 Å². The highest BCUT2D eigenvalue weighted by Gasteiger charge is 2.26. The maximum absolute atomic E-state index is 12.2. The molecule has 1 fully saturated rings. The molecule has 26 heavy (non-hydrogen) atoms. The van der Waals surface area contributed by atoms with Crippen molar-refractivity contribution in [1.29, 1.82) is 0 Å². The highest BCUT2D eigenvalue weighted by molar-refractivity contribution is 7.15. The number of urea groups is 1. The number of anilines is 3. The van der Waals surface area contributed by atoms with Crippen LogP contribution in [-0.4, -0.2) is 47.2 Å². The van der Waals surface area contributed by atoms with Gasteiger partial charge in [-0.15, -0.1) is 11.3 Å². The van der Waals surface area contributed by atoms with Crippen LogP contribution in [0, 0.1) is 6.92 Å². The van der Waals surface area contributed by atoms with Crippen molar-refractivity contribution >= 4 is 34.1 Å². The van der Waals surface area contributed by atoms with Crippen molar-refractivity contribution in [3.05, 3.63) is 23.0 Å². The number of aromatic nitrogens is 3. The Balaban J connectivity index is 1.56. The third-order valence-electron chi connectivity index (χ3n) is 4.53. The van der Waals surface area contributed by atoms with Crippen LogP contribution < -0.4 is 20.9 Å². The van der Waals surface area contributed by atoms with Crippen LogP contribution in [0.1, 0.15) is 30.3 Å². The lowest BCUT2D eigenvalue weighted by Crippen LogP contribution is -2.42. The molecule has 0 radical (unpaired) electrons. The second kappa shape index (κ2) is 8.31. The van der Waals surface area contributed by atoms with Crippen LogP contribution in [0.3, 0.4) is 0 Å². The monoisotopic (exact) mass is 375 g/mol. The van der Waals surface area contributed by atoms with Crippen LogP contribution in [0.2, 0.25) is 0 Å². The zero-order chi connectivity index (χ0) is 18.5. The molecule has 3 heterocycles. The third-order valence-corrected chi connectivity index (χ3v) is 5.45. The van der Waals surface area contributed by atoms with E-state index < -0.39 is 0 Å². The molecule has 1 aliphatic heterocycles. The number of amides is 2. The summed E-state index contributed by atoms with van der Waals surface area (Å²) in [6, 6.07) is 1.94. The molecule has 0 aromatic carbocycles. The predicted molar refractivity (Wildman–Crippen MR) is 105 cm³/mol. The largest absolute Gasteiger partial charge is 0.373 e. The minimum Gasteiger partial charge on any atom is -0.373 e. The Labute approximate surface area is 157 Å². The quantitative estimate of drug-likeness (QED) is 0.718. The van der Waals surface area contributed by atoms with Gasteiger partial charge in [-0.2, -0.15) is 0 Å². The predicted octanol–water partition coefficient (Wildman–Crippen LogP) is 2.64. The number of rotatable bonds is 6. The first-order chi connectivity index (χ1) is 12.6. The average Bonchev–Trinajstić information content (AvgIpc) is 3.26. The smallest absolute Gasteiger partial charge is 0.321 e. The summed E-state index contributed by atoms with van der Waals surface area (Å²) >= 11 is 1.51. The summed E-state index contributed by atoms with van der Waals surface area (Å²) in [6.07, 6.45) is 4.54. The fraction of sp³-hybridized carbons (Fsp3) is 0.529. The van der Waals surface area contributed by atoms with Crippen molar-refractivity contribution in [1.82, 2.24) is 20.3 Å². The molecular weight excluding hydrogens is 350 g/mol. The van der Waals surface area contributed by atoms with Gasteiger partial charge in [-0.25, -0.2) is 19.7 Å². The van der Waals surface area contributed by atoms with E-state index in [4.69, 9.17) is 0 Å². The van der Waals surface area contributed by atoms with Crippen LogP contribution in [-0.2, 0) is 6.42 Å². The van der Waals surface area contributed by atoms with Crippen molar-refractivity contribution in [3.63, 3.8) is 0 Å². The van der Waals surface area contributed by atoms with Gasteiger partial charge in [0.25, 0.3) is 0 Å². The van der Waals surface area contributed by atoms with Crippen molar-refractivity contribution < 1.29 is 4.79 Å². The molecule has 1 saturated heterocycles. The summed E-state index contributed by atoms with van der Waals surface area (Å²) in [7, 11) is 1.84. The van der Waals surface area contributed by atoms with E-state index in [0.29, 0.717) is 11.7 Å². The van der Waals surface area contributed by atoms with Crippen LogP contribution in [0.25, 0.3) is 0 Å². The molecular formula is C17H25N7OS. The molecule has 9 heteroatoms. The SMILES string of the molecule is CCc1nc(NC(=O)NCC2CCCN2c2cc(NC)ncn2)sc1C. The molecule has 140 valence electrons. The van der Waals surface area contributed by atoms with Crippen molar-refractivity contribution in [2.75, 3.05) is 35.7 Å². The van der Waals surface area contributed by atoms with Gasteiger partial charge in [0, 0.05) is 37.1 Å². The summed E-state index contributed by atoms with van der Waals surface area (Å²) in [4.78, 5) is 28.6. The standard InChI is InChI=1S/C17H25N7OS/c1-4-13-11(2)26-17(22-13)23-16(25)19-9-12-6-5-7-24(12)15-8-14(18-3)20-10-21-15/h8,10,12H,4-7,9H2,1-3H3,(H,18,20,21)(H2,19,22,23,25). The Morgan fingerprint density at radius 1 is 1.42 bits per heavy atom. The maximum Gasteiger partial charge on any atom is 0.321 e. The van der Waals surface area contributed by atoms with Gasteiger partial charge < -0.3 is 15.5 Å². The molecule has 2 aromatic rings. The summed E-state index contributed by atoms with van der Waals surface area (Å²) < 4.78 is 0. The second-order valence-electron chi connectivity index (χ2n) is 6.21. The van der Waals surface area contributed by atoms with Gasteiger partial charge >= 0.3 is 6.03 Å². The Kier molecular flexibility index (Phi) is 5.87. The molecule has 3 N–H and O–H groups in total. The normalized spacial score (nSPS) is 16.6. The van der Waals surface area contributed by atoms with E-state index >= 15 is 0 Å². The van der Waals surface area contributed by atoms with Crippen molar-refractivity contribution in [2.45, 2.75) is 39.2 Å². The van der Waals surface area contributed by atoms with Crippen molar-refractivity contribution in [2.24, 2.45) is 0 Å². The lowest BCUT2D eigenvalue weighted by Gasteiger charge is -2.26. The number of thiazole rings is 1. The van der Waals surface area contributed by atoms with E-state index in [9.17, 15) is 4.79 Å². The Bertz CT molecular complexity index is 763. The average molecular weight is 376 g/mol. The van der Waals surface area contributed by atoms with Crippen LogP contribution in [0.15, 0.2) is 12.4 Å². The molecule has 8 nitrogen and oxygen atoms in total. The second-order valence-corrected chi connectivity index (χ2v) is 7.41. The van der Waals surface area contributed by atoms with E-state index in [2.05, 4.69) is 42.7 Å². The molecule has 1 unspecified atom stereocenters.